The van der Waals surface area contributed by atoms with E-state index in [1.165, 1.54) is 105 Å². The predicted molar refractivity (Wildman–Crippen MR) is 315 cm³/mol. The molecule has 1 aliphatic carbocycles. The quantitative estimate of drug-likeness (QED) is 0.0199. The standard InChI is InChI=1S/C71H74O4/c1-8-13-17-21-23-29-45-73-56-39-42-62-63(50-56)67(54-34-33-53-48-58(37-35-52(53)47-54)75-69(72)70(6,7)12-5)61-41-38-57(74-46-30-24-22-18-14-9-2)51-64(61)68(62)55-36-40-60-59-31-25-26-32-65(59)71(66(60)49-55,43-27-19-15-10-3)44-28-20-16-11-4/h1,25-26,31-42,47-51H,9-12,14-16,18-20,22,24,27-28,30,43-44,46H2,2-7H3. The predicted octanol–water partition coefficient (Wildman–Crippen LogP) is 18.7. The number of terminal acetylenes is 1. The Bertz CT molecular complexity index is 3390. The largest absolute Gasteiger partial charge is 0.494 e. The van der Waals surface area contributed by atoms with E-state index < -0.39 is 5.41 Å². The van der Waals surface area contributed by atoms with Crippen molar-refractivity contribution in [2.75, 3.05) is 6.61 Å². The molecule has 1 aliphatic rings. The molecule has 382 valence electrons. The maximum atomic E-state index is 13.1. The zero-order valence-electron chi connectivity index (χ0n) is 45.4. The second-order valence-corrected chi connectivity index (χ2v) is 21.1. The third-order valence-corrected chi connectivity index (χ3v) is 15.6. The number of hydrogen-bond donors (Lipinski definition) is 0. The highest BCUT2D eigenvalue weighted by Crippen LogP contribution is 2.56. The lowest BCUT2D eigenvalue weighted by atomic mass is 9.70. The molecule has 0 fully saturated rings. The second-order valence-electron chi connectivity index (χ2n) is 21.1. The summed E-state index contributed by atoms with van der Waals surface area (Å²) >= 11 is 0. The molecule has 0 heterocycles. The molecule has 7 aromatic carbocycles. The van der Waals surface area contributed by atoms with E-state index in [2.05, 4.69) is 153 Å². The van der Waals surface area contributed by atoms with Gasteiger partial charge in [0.1, 0.15) is 23.4 Å². The molecule has 75 heavy (non-hydrogen) atoms. The van der Waals surface area contributed by atoms with Crippen LogP contribution in [0.25, 0.3) is 65.7 Å². The first-order valence-corrected chi connectivity index (χ1v) is 28.0. The molecule has 0 aliphatic heterocycles. The van der Waals surface area contributed by atoms with Crippen molar-refractivity contribution in [3.63, 3.8) is 0 Å². The molecule has 0 radical (unpaired) electrons. The molecule has 0 atom stereocenters. The van der Waals surface area contributed by atoms with Crippen LogP contribution in [0.2, 0.25) is 0 Å². The van der Waals surface area contributed by atoms with E-state index in [-0.39, 0.29) is 11.4 Å². The average molecular weight is 991 g/mol. The molecule has 0 saturated heterocycles. The minimum atomic E-state index is -0.582. The minimum absolute atomic E-state index is 0.0785. The average Bonchev–Trinajstić information content (AvgIpc) is 3.82. The Morgan fingerprint density at radius 2 is 1.08 bits per heavy atom. The number of unbranched alkanes of at least 4 members (excludes halogenated alkanes) is 11. The lowest BCUT2D eigenvalue weighted by molar-refractivity contribution is -0.144. The lowest BCUT2D eigenvalue weighted by Crippen LogP contribution is -2.28. The van der Waals surface area contributed by atoms with E-state index in [0.29, 0.717) is 24.5 Å². The Hall–Kier alpha value is -7.37. The van der Waals surface area contributed by atoms with E-state index in [4.69, 9.17) is 20.6 Å². The number of benzene rings is 7. The van der Waals surface area contributed by atoms with Gasteiger partial charge in [-0.15, -0.1) is 6.42 Å². The maximum absolute atomic E-state index is 13.1. The van der Waals surface area contributed by atoms with Gasteiger partial charge in [-0.3, -0.25) is 4.79 Å². The highest BCUT2D eigenvalue weighted by Gasteiger charge is 2.42. The van der Waals surface area contributed by atoms with Crippen LogP contribution in [0.3, 0.4) is 0 Å². The Balaban J connectivity index is 1.34. The molecule has 0 bridgehead atoms. The molecular formula is C71H74O4. The Morgan fingerprint density at radius 3 is 1.79 bits per heavy atom. The van der Waals surface area contributed by atoms with Crippen LogP contribution >= 0.6 is 0 Å². The van der Waals surface area contributed by atoms with Crippen LogP contribution in [0, 0.1) is 53.5 Å². The summed E-state index contributed by atoms with van der Waals surface area (Å²) in [6.07, 6.45) is 28.0. The zero-order valence-corrected chi connectivity index (χ0v) is 45.4. The van der Waals surface area contributed by atoms with Gasteiger partial charge in [0.15, 0.2) is 0 Å². The van der Waals surface area contributed by atoms with Crippen LogP contribution in [-0.2, 0) is 10.2 Å². The molecule has 0 spiro atoms. The van der Waals surface area contributed by atoms with Crippen LogP contribution in [0.1, 0.15) is 162 Å². The van der Waals surface area contributed by atoms with E-state index in [0.717, 1.165) is 80.4 Å². The molecule has 8 rings (SSSR count). The van der Waals surface area contributed by atoms with Gasteiger partial charge in [0, 0.05) is 23.2 Å². The molecule has 0 aromatic heterocycles. The van der Waals surface area contributed by atoms with Gasteiger partial charge in [0.2, 0.25) is 0 Å². The van der Waals surface area contributed by atoms with Crippen molar-refractivity contribution < 1.29 is 19.0 Å². The summed E-state index contributed by atoms with van der Waals surface area (Å²) < 4.78 is 18.7. The Morgan fingerprint density at radius 1 is 0.520 bits per heavy atom. The van der Waals surface area contributed by atoms with E-state index in [1.807, 2.05) is 45.0 Å². The summed E-state index contributed by atoms with van der Waals surface area (Å²) in [5.41, 5.74) is 9.49. The van der Waals surface area contributed by atoms with Crippen molar-refractivity contribution in [3.05, 3.63) is 126 Å². The Labute approximate surface area is 448 Å². The van der Waals surface area contributed by atoms with Gasteiger partial charge in [0.25, 0.3) is 0 Å². The molecule has 7 aromatic rings. The molecule has 0 unspecified atom stereocenters. The minimum Gasteiger partial charge on any atom is -0.494 e. The van der Waals surface area contributed by atoms with Gasteiger partial charge in [-0.05, 0) is 189 Å². The van der Waals surface area contributed by atoms with Crippen LogP contribution in [-0.4, -0.2) is 12.6 Å². The molecule has 4 nitrogen and oxygen atoms in total. The highest BCUT2D eigenvalue weighted by atomic mass is 16.5. The third-order valence-electron chi connectivity index (χ3n) is 15.6. The summed E-state index contributed by atoms with van der Waals surface area (Å²) in [4.78, 5) is 13.1. The summed E-state index contributed by atoms with van der Waals surface area (Å²) in [6, 6.07) is 42.0. The number of carbonyl (C=O) groups excluding carboxylic acids is 1. The van der Waals surface area contributed by atoms with Gasteiger partial charge >= 0.3 is 5.97 Å². The summed E-state index contributed by atoms with van der Waals surface area (Å²) in [7, 11) is 0. The lowest BCUT2D eigenvalue weighted by Gasteiger charge is -2.33. The first-order chi connectivity index (χ1) is 36.7. The number of hydrogen-bond acceptors (Lipinski definition) is 4. The smallest absolute Gasteiger partial charge is 0.316 e. The van der Waals surface area contributed by atoms with Gasteiger partial charge in [-0.1, -0.05) is 172 Å². The SMILES string of the molecule is C#CC#CC#CC#COc1ccc2c(-c3ccc4c(c3)C(CCCCCC)(CCCCCC)c3ccccc3-4)c3cc(OCCCCCCCC)ccc3c(-c3ccc4cc(OC(=O)C(C)(C)CC)ccc4c3)c2c1. The monoisotopic (exact) mass is 991 g/mol. The van der Waals surface area contributed by atoms with Crippen molar-refractivity contribution in [3.8, 4) is 98.7 Å². The van der Waals surface area contributed by atoms with Gasteiger partial charge in [-0.25, -0.2) is 0 Å². The summed E-state index contributed by atoms with van der Waals surface area (Å²) in [5, 5.41) is 6.37. The van der Waals surface area contributed by atoms with E-state index in [9.17, 15) is 4.79 Å². The molecule has 0 saturated carbocycles. The summed E-state index contributed by atoms with van der Waals surface area (Å²) in [6.45, 7) is 13.4. The topological polar surface area (TPSA) is 44.8 Å². The molecule has 4 heteroatoms. The molecule has 0 N–H and O–H groups in total. The van der Waals surface area contributed by atoms with Gasteiger partial charge in [0.05, 0.1) is 12.0 Å². The number of carbonyl (C=O) groups is 1. The van der Waals surface area contributed by atoms with E-state index >= 15 is 0 Å². The van der Waals surface area contributed by atoms with Crippen molar-refractivity contribution in [1.29, 1.82) is 0 Å². The molecular weight excluding hydrogens is 917 g/mol. The maximum Gasteiger partial charge on any atom is 0.316 e. The third kappa shape index (κ3) is 12.4. The Kier molecular flexibility index (Phi) is 18.5. The fraction of sp³-hybridized carbons (Fsp3) is 0.366. The highest BCUT2D eigenvalue weighted by molar-refractivity contribution is 6.22. The van der Waals surface area contributed by atoms with Crippen molar-refractivity contribution in [1.82, 2.24) is 0 Å². The van der Waals surface area contributed by atoms with Crippen molar-refractivity contribution in [2.24, 2.45) is 5.41 Å². The van der Waals surface area contributed by atoms with Crippen LogP contribution in [0.15, 0.2) is 115 Å². The first-order valence-electron chi connectivity index (χ1n) is 28.0. The normalized spacial score (nSPS) is 12.1. The second kappa shape index (κ2) is 25.7. The van der Waals surface area contributed by atoms with Crippen LogP contribution < -0.4 is 14.2 Å². The zero-order chi connectivity index (χ0) is 52.6. The van der Waals surface area contributed by atoms with Crippen LogP contribution in [0.4, 0.5) is 0 Å². The van der Waals surface area contributed by atoms with Crippen LogP contribution in [0.5, 0.6) is 17.2 Å². The fourth-order valence-corrected chi connectivity index (χ4v) is 11.1. The van der Waals surface area contributed by atoms with Gasteiger partial charge in [-0.2, -0.15) is 0 Å². The number of esters is 1. The number of fused-ring (bicyclic) bond motifs is 6. The molecule has 0 amide bonds. The fourth-order valence-electron chi connectivity index (χ4n) is 11.1. The van der Waals surface area contributed by atoms with Crippen molar-refractivity contribution in [2.45, 2.75) is 156 Å². The van der Waals surface area contributed by atoms with Gasteiger partial charge < -0.3 is 14.2 Å². The number of ether oxygens (including phenoxy) is 3. The van der Waals surface area contributed by atoms with Crippen molar-refractivity contribution >= 4 is 38.3 Å². The van der Waals surface area contributed by atoms with E-state index in [1.54, 1.807) is 0 Å². The first kappa shape index (κ1) is 53.9. The summed E-state index contributed by atoms with van der Waals surface area (Å²) in [5.74, 6) is 17.3. The number of rotatable bonds is 24.